The van der Waals surface area contributed by atoms with Crippen LogP contribution in [0.1, 0.15) is 5.56 Å². The van der Waals surface area contributed by atoms with Crippen LogP contribution in [0.25, 0.3) is 11.4 Å². The molecule has 0 aliphatic rings. The van der Waals surface area contributed by atoms with Crippen molar-refractivity contribution in [3.8, 4) is 29.5 Å². The highest BCUT2D eigenvalue weighted by Gasteiger charge is 2.15. The SMILES string of the molecule is C#CCc1c(-c2ncn(C)n2)ccc(N)c1OC. The van der Waals surface area contributed by atoms with Gasteiger partial charge in [-0.2, -0.15) is 5.10 Å². The molecule has 2 N–H and O–H groups in total. The van der Waals surface area contributed by atoms with Gasteiger partial charge in [0.25, 0.3) is 0 Å². The molecule has 0 atom stereocenters. The molecule has 5 nitrogen and oxygen atoms in total. The summed E-state index contributed by atoms with van der Waals surface area (Å²) >= 11 is 0. The molecule has 2 aromatic rings. The molecule has 0 aliphatic carbocycles. The van der Waals surface area contributed by atoms with E-state index in [-0.39, 0.29) is 0 Å². The van der Waals surface area contributed by atoms with Crippen LogP contribution in [-0.2, 0) is 13.5 Å². The van der Waals surface area contributed by atoms with Crippen LogP contribution < -0.4 is 10.5 Å². The van der Waals surface area contributed by atoms with Crippen molar-refractivity contribution in [3.05, 3.63) is 24.0 Å². The zero-order valence-corrected chi connectivity index (χ0v) is 10.3. The summed E-state index contributed by atoms with van der Waals surface area (Å²) < 4.78 is 6.95. The van der Waals surface area contributed by atoms with E-state index in [2.05, 4.69) is 16.0 Å². The van der Waals surface area contributed by atoms with Gasteiger partial charge in [-0.1, -0.05) is 0 Å². The molecule has 0 radical (unpaired) electrons. The second kappa shape index (κ2) is 4.80. The molecule has 0 saturated heterocycles. The zero-order chi connectivity index (χ0) is 13.1. The number of terminal acetylenes is 1. The smallest absolute Gasteiger partial charge is 0.181 e. The maximum Gasteiger partial charge on any atom is 0.181 e. The molecule has 0 bridgehead atoms. The summed E-state index contributed by atoms with van der Waals surface area (Å²) in [4.78, 5) is 4.22. The molecule has 0 aliphatic heterocycles. The number of rotatable bonds is 3. The standard InChI is InChI=1S/C13H14N4O/c1-4-5-9-10(13-15-8-17(2)16-13)6-7-11(14)12(9)18-3/h1,6-8H,5,14H2,2-3H3. The lowest BCUT2D eigenvalue weighted by molar-refractivity contribution is 0.413. The van der Waals surface area contributed by atoms with Crippen molar-refractivity contribution in [2.45, 2.75) is 6.42 Å². The van der Waals surface area contributed by atoms with Gasteiger partial charge in [0.2, 0.25) is 0 Å². The van der Waals surface area contributed by atoms with Crippen LogP contribution in [0.2, 0.25) is 0 Å². The van der Waals surface area contributed by atoms with Gasteiger partial charge in [0, 0.05) is 24.6 Å². The lowest BCUT2D eigenvalue weighted by atomic mass is 10.0. The highest BCUT2D eigenvalue weighted by molar-refractivity contribution is 5.71. The number of ether oxygens (including phenoxy) is 1. The average molecular weight is 242 g/mol. The minimum absolute atomic E-state index is 0.418. The van der Waals surface area contributed by atoms with E-state index in [0.717, 1.165) is 11.1 Å². The third-order valence-electron chi connectivity index (χ3n) is 2.61. The van der Waals surface area contributed by atoms with Crippen LogP contribution in [-0.4, -0.2) is 21.9 Å². The molecule has 2 rings (SSSR count). The molecular weight excluding hydrogens is 228 g/mol. The average Bonchev–Trinajstić information content (AvgIpc) is 2.77. The monoisotopic (exact) mass is 242 g/mol. The van der Waals surface area contributed by atoms with E-state index in [9.17, 15) is 0 Å². The van der Waals surface area contributed by atoms with E-state index >= 15 is 0 Å². The van der Waals surface area contributed by atoms with Gasteiger partial charge in [-0.15, -0.1) is 12.3 Å². The third kappa shape index (κ3) is 2.00. The van der Waals surface area contributed by atoms with E-state index < -0.39 is 0 Å². The van der Waals surface area contributed by atoms with Crippen molar-refractivity contribution >= 4 is 5.69 Å². The van der Waals surface area contributed by atoms with Gasteiger partial charge in [0.05, 0.1) is 12.8 Å². The molecule has 0 saturated carbocycles. The quantitative estimate of drug-likeness (QED) is 0.649. The molecule has 1 heterocycles. The Morgan fingerprint density at radius 3 is 2.83 bits per heavy atom. The van der Waals surface area contributed by atoms with Crippen LogP contribution in [0.15, 0.2) is 18.5 Å². The lowest BCUT2D eigenvalue weighted by Crippen LogP contribution is -2.00. The molecule has 1 aromatic heterocycles. The zero-order valence-electron chi connectivity index (χ0n) is 10.3. The number of nitrogens with zero attached hydrogens (tertiary/aromatic N) is 3. The number of methoxy groups -OCH3 is 1. The van der Waals surface area contributed by atoms with Gasteiger partial charge in [0.15, 0.2) is 5.82 Å². The summed E-state index contributed by atoms with van der Waals surface area (Å²) in [6.07, 6.45) is 7.45. The maximum atomic E-state index is 5.87. The fourth-order valence-corrected chi connectivity index (χ4v) is 1.84. The van der Waals surface area contributed by atoms with Gasteiger partial charge in [-0.25, -0.2) is 4.98 Å². The van der Waals surface area contributed by atoms with Crippen molar-refractivity contribution in [2.75, 3.05) is 12.8 Å². The highest BCUT2D eigenvalue weighted by atomic mass is 16.5. The van der Waals surface area contributed by atoms with E-state index in [1.165, 1.54) is 0 Å². The Labute approximate surface area is 106 Å². The first kappa shape index (κ1) is 12.0. The predicted molar refractivity (Wildman–Crippen MR) is 69.9 cm³/mol. The van der Waals surface area contributed by atoms with Gasteiger partial charge in [-0.3, -0.25) is 4.68 Å². The number of aryl methyl sites for hydroxylation is 1. The number of nitrogen functional groups attached to an aromatic ring is 1. The lowest BCUT2D eigenvalue weighted by Gasteiger charge is -2.12. The van der Waals surface area contributed by atoms with Crippen LogP contribution in [0.4, 0.5) is 5.69 Å². The second-order valence-electron chi connectivity index (χ2n) is 3.84. The van der Waals surface area contributed by atoms with Crippen LogP contribution in [0, 0.1) is 12.3 Å². The Morgan fingerprint density at radius 1 is 1.50 bits per heavy atom. The Kier molecular flexibility index (Phi) is 3.20. The first-order valence-electron chi connectivity index (χ1n) is 5.42. The molecular formula is C13H14N4O. The summed E-state index contributed by atoms with van der Waals surface area (Å²) in [5.74, 6) is 3.81. The molecule has 5 heteroatoms. The number of anilines is 1. The molecule has 18 heavy (non-hydrogen) atoms. The topological polar surface area (TPSA) is 66.0 Å². The van der Waals surface area contributed by atoms with E-state index in [0.29, 0.717) is 23.7 Å². The molecule has 0 spiro atoms. The Hall–Kier alpha value is -2.48. The fourth-order valence-electron chi connectivity index (χ4n) is 1.84. The van der Waals surface area contributed by atoms with Crippen LogP contribution in [0.5, 0.6) is 5.75 Å². The van der Waals surface area contributed by atoms with E-state index in [1.807, 2.05) is 13.1 Å². The first-order chi connectivity index (χ1) is 8.67. The minimum atomic E-state index is 0.418. The molecule has 92 valence electrons. The summed E-state index contributed by atoms with van der Waals surface area (Å²) in [6.45, 7) is 0. The highest BCUT2D eigenvalue weighted by Crippen LogP contribution is 2.34. The van der Waals surface area contributed by atoms with Crippen LogP contribution >= 0.6 is 0 Å². The number of aromatic nitrogens is 3. The number of hydrogen-bond acceptors (Lipinski definition) is 4. The number of benzene rings is 1. The van der Waals surface area contributed by atoms with Crippen molar-refractivity contribution in [2.24, 2.45) is 7.05 Å². The van der Waals surface area contributed by atoms with Gasteiger partial charge < -0.3 is 10.5 Å². The number of hydrogen-bond donors (Lipinski definition) is 1. The largest absolute Gasteiger partial charge is 0.494 e. The van der Waals surface area contributed by atoms with Gasteiger partial charge in [-0.05, 0) is 12.1 Å². The molecule has 0 amide bonds. The summed E-state index contributed by atoms with van der Waals surface area (Å²) in [5.41, 5.74) is 8.12. The second-order valence-corrected chi connectivity index (χ2v) is 3.84. The third-order valence-corrected chi connectivity index (χ3v) is 2.61. The fraction of sp³-hybridized carbons (Fsp3) is 0.231. The van der Waals surface area contributed by atoms with Crippen molar-refractivity contribution < 1.29 is 4.74 Å². The summed E-state index contributed by atoms with van der Waals surface area (Å²) in [7, 11) is 3.38. The molecule has 0 unspecified atom stereocenters. The molecule has 0 fully saturated rings. The normalized spacial score (nSPS) is 10.1. The minimum Gasteiger partial charge on any atom is -0.494 e. The van der Waals surface area contributed by atoms with Gasteiger partial charge >= 0.3 is 0 Å². The predicted octanol–water partition coefficient (Wildman–Crippen LogP) is 1.25. The van der Waals surface area contributed by atoms with Crippen molar-refractivity contribution in [1.82, 2.24) is 14.8 Å². The van der Waals surface area contributed by atoms with Gasteiger partial charge in [0.1, 0.15) is 12.1 Å². The van der Waals surface area contributed by atoms with E-state index in [1.54, 1.807) is 24.2 Å². The Balaban J connectivity index is 2.64. The van der Waals surface area contributed by atoms with Crippen molar-refractivity contribution in [3.63, 3.8) is 0 Å². The van der Waals surface area contributed by atoms with E-state index in [4.69, 9.17) is 16.9 Å². The number of nitrogens with two attached hydrogens (primary N) is 1. The van der Waals surface area contributed by atoms with Crippen molar-refractivity contribution in [1.29, 1.82) is 0 Å². The Morgan fingerprint density at radius 2 is 2.28 bits per heavy atom. The van der Waals surface area contributed by atoms with Crippen LogP contribution in [0.3, 0.4) is 0 Å². The summed E-state index contributed by atoms with van der Waals surface area (Å²) in [6, 6.07) is 3.63. The maximum absolute atomic E-state index is 5.87. The summed E-state index contributed by atoms with van der Waals surface area (Å²) in [5, 5.41) is 4.27. The molecule has 1 aromatic carbocycles. The first-order valence-corrected chi connectivity index (χ1v) is 5.42. The Bertz CT molecular complexity index is 610.